The maximum atomic E-state index is 11.8. The molecule has 7 heteroatoms. The molecule has 90 valence electrons. The van der Waals surface area contributed by atoms with Gasteiger partial charge in [-0.15, -0.1) is 0 Å². The Kier molecular flexibility index (Phi) is 3.24. The fraction of sp³-hybridized carbons (Fsp3) is 0. The molecule has 2 rings (SSSR count). The number of non-ortho nitro benzene ring substituents is 1. The topological polar surface area (TPSA) is 98.0 Å². The zero-order chi connectivity index (χ0) is 13.0. The van der Waals surface area contributed by atoms with E-state index < -0.39 is 4.92 Å². The van der Waals surface area contributed by atoms with E-state index in [2.05, 4.69) is 15.3 Å². The summed E-state index contributed by atoms with van der Waals surface area (Å²) in [5, 5.41) is 13.0. The van der Waals surface area contributed by atoms with Crippen LogP contribution in [0.2, 0.25) is 0 Å². The van der Waals surface area contributed by atoms with Crippen LogP contribution in [0.15, 0.2) is 42.9 Å². The molecule has 0 bridgehead atoms. The van der Waals surface area contributed by atoms with E-state index >= 15 is 0 Å². The lowest BCUT2D eigenvalue weighted by atomic mass is 10.2. The van der Waals surface area contributed by atoms with E-state index in [1.165, 1.54) is 36.8 Å². The molecule has 0 saturated carbocycles. The minimum Gasteiger partial charge on any atom is -0.306 e. The van der Waals surface area contributed by atoms with E-state index in [0.717, 1.165) is 0 Å². The number of carbonyl (C=O) groups is 1. The van der Waals surface area contributed by atoms with Gasteiger partial charge in [0.2, 0.25) is 0 Å². The normalized spacial score (nSPS) is 9.78. The highest BCUT2D eigenvalue weighted by Crippen LogP contribution is 2.12. The van der Waals surface area contributed by atoms with E-state index in [4.69, 9.17) is 0 Å². The summed E-state index contributed by atoms with van der Waals surface area (Å²) in [5.41, 5.74) is 0.257. The first-order valence-corrected chi connectivity index (χ1v) is 4.98. The van der Waals surface area contributed by atoms with Crippen molar-refractivity contribution in [2.45, 2.75) is 0 Å². The van der Waals surface area contributed by atoms with Crippen LogP contribution >= 0.6 is 0 Å². The third kappa shape index (κ3) is 2.64. The minimum absolute atomic E-state index is 0.0615. The van der Waals surface area contributed by atoms with Gasteiger partial charge < -0.3 is 5.32 Å². The van der Waals surface area contributed by atoms with Crippen molar-refractivity contribution in [2.75, 3.05) is 5.32 Å². The average Bonchev–Trinajstić information content (AvgIpc) is 2.40. The predicted octanol–water partition coefficient (Wildman–Crippen LogP) is 1.64. The summed E-state index contributed by atoms with van der Waals surface area (Å²) >= 11 is 0. The first kappa shape index (κ1) is 11.6. The van der Waals surface area contributed by atoms with E-state index in [-0.39, 0.29) is 11.6 Å². The van der Waals surface area contributed by atoms with Crippen LogP contribution in [0.3, 0.4) is 0 Å². The number of rotatable bonds is 3. The van der Waals surface area contributed by atoms with Crippen LogP contribution in [-0.2, 0) is 0 Å². The van der Waals surface area contributed by atoms with Crippen molar-refractivity contribution in [3.05, 3.63) is 58.5 Å². The zero-order valence-electron chi connectivity index (χ0n) is 9.11. The monoisotopic (exact) mass is 244 g/mol. The summed E-state index contributed by atoms with van der Waals surface area (Å²) in [7, 11) is 0. The molecular formula is C11H8N4O3. The highest BCUT2D eigenvalue weighted by Gasteiger charge is 2.09. The van der Waals surface area contributed by atoms with Crippen molar-refractivity contribution < 1.29 is 9.72 Å². The molecule has 2 aromatic rings. The lowest BCUT2D eigenvalue weighted by Gasteiger charge is -2.03. The fourth-order valence-electron chi connectivity index (χ4n) is 1.29. The molecule has 1 aromatic heterocycles. The summed E-state index contributed by atoms with van der Waals surface area (Å²) in [6, 6.07) is 6.86. The number of hydrogen-bond acceptors (Lipinski definition) is 5. The molecule has 7 nitrogen and oxygen atoms in total. The van der Waals surface area contributed by atoms with Crippen LogP contribution < -0.4 is 5.32 Å². The number of nitro groups is 1. The highest BCUT2D eigenvalue weighted by atomic mass is 16.6. The van der Waals surface area contributed by atoms with Crippen molar-refractivity contribution >= 4 is 17.4 Å². The second-order valence-electron chi connectivity index (χ2n) is 3.35. The Bertz CT molecular complexity index is 569. The largest absolute Gasteiger partial charge is 0.306 e. The smallest absolute Gasteiger partial charge is 0.269 e. The molecule has 0 aliphatic heterocycles. The second-order valence-corrected chi connectivity index (χ2v) is 3.35. The highest BCUT2D eigenvalue weighted by molar-refractivity contribution is 6.03. The van der Waals surface area contributed by atoms with Gasteiger partial charge in [0.05, 0.1) is 4.92 Å². The molecule has 1 aromatic carbocycles. The van der Waals surface area contributed by atoms with Crippen LogP contribution in [-0.4, -0.2) is 20.8 Å². The molecule has 18 heavy (non-hydrogen) atoms. The third-order valence-electron chi connectivity index (χ3n) is 2.16. The number of nitrogens with one attached hydrogen (secondary N) is 1. The van der Waals surface area contributed by atoms with Crippen molar-refractivity contribution in [2.24, 2.45) is 0 Å². The van der Waals surface area contributed by atoms with E-state index in [1.54, 1.807) is 6.07 Å². The number of nitrogens with zero attached hydrogens (tertiary/aromatic N) is 3. The number of hydrogen-bond donors (Lipinski definition) is 1. The van der Waals surface area contributed by atoms with Gasteiger partial charge in [0.15, 0.2) is 0 Å². The van der Waals surface area contributed by atoms with E-state index in [1.807, 2.05) is 0 Å². The number of nitro benzene ring substituents is 1. The molecule has 0 fully saturated rings. The van der Waals surface area contributed by atoms with Crippen molar-refractivity contribution in [1.29, 1.82) is 0 Å². The molecular weight excluding hydrogens is 236 g/mol. The molecule has 0 aliphatic carbocycles. The Labute approximate surface area is 102 Å². The Morgan fingerprint density at radius 3 is 2.50 bits per heavy atom. The maximum Gasteiger partial charge on any atom is 0.269 e. The lowest BCUT2D eigenvalue weighted by Crippen LogP contribution is -2.12. The van der Waals surface area contributed by atoms with Gasteiger partial charge >= 0.3 is 0 Å². The third-order valence-corrected chi connectivity index (χ3v) is 2.16. The van der Waals surface area contributed by atoms with E-state index in [0.29, 0.717) is 11.4 Å². The van der Waals surface area contributed by atoms with Gasteiger partial charge in [-0.05, 0) is 18.2 Å². The number of amides is 1. The number of anilines is 1. The fourth-order valence-corrected chi connectivity index (χ4v) is 1.29. The summed E-state index contributed by atoms with van der Waals surface area (Å²) in [4.78, 5) is 29.3. The molecule has 0 spiro atoms. The molecule has 0 aliphatic rings. The lowest BCUT2D eigenvalue weighted by molar-refractivity contribution is -0.384. The first-order valence-electron chi connectivity index (χ1n) is 4.98. The van der Waals surface area contributed by atoms with Crippen LogP contribution in [0.25, 0.3) is 0 Å². The number of benzene rings is 1. The minimum atomic E-state index is -0.522. The number of carbonyl (C=O) groups excluding carboxylic acids is 1. The molecule has 0 saturated heterocycles. The predicted molar refractivity (Wildman–Crippen MR) is 63.1 cm³/mol. The van der Waals surface area contributed by atoms with Gasteiger partial charge in [-0.3, -0.25) is 14.9 Å². The summed E-state index contributed by atoms with van der Waals surface area (Å²) in [6.45, 7) is 0. The summed E-state index contributed by atoms with van der Waals surface area (Å²) < 4.78 is 0. The van der Waals surface area contributed by atoms with Crippen molar-refractivity contribution in [3.8, 4) is 0 Å². The summed E-state index contributed by atoms with van der Waals surface area (Å²) in [6.07, 6.45) is 2.81. The van der Waals surface area contributed by atoms with Crippen LogP contribution in [0.4, 0.5) is 11.5 Å². The Morgan fingerprint density at radius 1 is 1.22 bits per heavy atom. The Hall–Kier alpha value is -2.83. The quantitative estimate of drug-likeness (QED) is 0.653. The molecule has 0 radical (unpaired) electrons. The second kappa shape index (κ2) is 5.00. The van der Waals surface area contributed by atoms with Gasteiger partial charge in [0.25, 0.3) is 11.6 Å². The number of aromatic nitrogens is 2. The SMILES string of the molecule is O=C(Nc1ccncn1)c1ccc([N+](=O)[O-])cc1. The van der Waals surface area contributed by atoms with Crippen molar-refractivity contribution in [1.82, 2.24) is 9.97 Å². The maximum absolute atomic E-state index is 11.8. The molecule has 0 atom stereocenters. The van der Waals surface area contributed by atoms with Crippen LogP contribution in [0, 0.1) is 10.1 Å². The van der Waals surface area contributed by atoms with Crippen molar-refractivity contribution in [3.63, 3.8) is 0 Å². The average molecular weight is 244 g/mol. The van der Waals surface area contributed by atoms with Gasteiger partial charge in [-0.25, -0.2) is 9.97 Å². The van der Waals surface area contributed by atoms with Gasteiger partial charge in [-0.1, -0.05) is 0 Å². The molecule has 1 heterocycles. The van der Waals surface area contributed by atoms with Gasteiger partial charge in [0, 0.05) is 23.9 Å². The first-order chi connectivity index (χ1) is 8.66. The molecule has 0 unspecified atom stereocenters. The Balaban J connectivity index is 2.12. The summed E-state index contributed by atoms with van der Waals surface area (Å²) in [5.74, 6) is -0.0167. The molecule has 1 amide bonds. The van der Waals surface area contributed by atoms with Crippen LogP contribution in [0.5, 0.6) is 0 Å². The van der Waals surface area contributed by atoms with E-state index in [9.17, 15) is 14.9 Å². The Morgan fingerprint density at radius 2 is 1.94 bits per heavy atom. The van der Waals surface area contributed by atoms with Gasteiger partial charge in [0.1, 0.15) is 12.1 Å². The van der Waals surface area contributed by atoms with Gasteiger partial charge in [-0.2, -0.15) is 0 Å². The molecule has 1 N–H and O–H groups in total. The standard InChI is InChI=1S/C11H8N4O3/c16-11(14-10-5-6-12-7-13-10)8-1-3-9(4-2-8)15(17)18/h1-7H,(H,12,13,14,16). The zero-order valence-corrected chi connectivity index (χ0v) is 9.11. The van der Waals surface area contributed by atoms with Crippen LogP contribution in [0.1, 0.15) is 10.4 Å².